The molecule has 4 nitrogen and oxygen atoms in total. The fourth-order valence-electron chi connectivity index (χ4n) is 2.37. The first-order chi connectivity index (χ1) is 9.65. The molecule has 0 spiro atoms. The second-order valence-corrected chi connectivity index (χ2v) is 5.33. The minimum atomic E-state index is 0.190. The van der Waals surface area contributed by atoms with Crippen molar-refractivity contribution in [3.8, 4) is 0 Å². The van der Waals surface area contributed by atoms with E-state index in [9.17, 15) is 0 Å². The zero-order chi connectivity index (χ0) is 14.5. The number of rotatable bonds is 7. The number of aryl methyl sites for hydroxylation is 1. The van der Waals surface area contributed by atoms with E-state index < -0.39 is 0 Å². The van der Waals surface area contributed by atoms with Crippen LogP contribution in [-0.2, 0) is 6.42 Å². The van der Waals surface area contributed by atoms with Gasteiger partial charge in [0, 0.05) is 18.7 Å². The third-order valence-electron chi connectivity index (χ3n) is 3.79. The number of aromatic nitrogens is 2. The van der Waals surface area contributed by atoms with Crippen molar-refractivity contribution in [2.24, 2.45) is 0 Å². The van der Waals surface area contributed by atoms with E-state index in [4.69, 9.17) is 4.42 Å². The topological polar surface area (TPSA) is 43.0 Å². The number of hydrogen-bond acceptors (Lipinski definition) is 3. The SMILES string of the molecule is CCNC(Cc1ccn(C(C)CC)n1)c1occc1C. The summed E-state index contributed by atoms with van der Waals surface area (Å²) in [5.74, 6) is 1.02. The zero-order valence-corrected chi connectivity index (χ0v) is 12.9. The molecule has 2 aromatic heterocycles. The Hall–Kier alpha value is -1.55. The molecule has 0 radical (unpaired) electrons. The third-order valence-corrected chi connectivity index (χ3v) is 3.79. The van der Waals surface area contributed by atoms with Crippen LogP contribution in [0, 0.1) is 6.92 Å². The van der Waals surface area contributed by atoms with Gasteiger partial charge in [-0.05, 0) is 44.5 Å². The average molecular weight is 275 g/mol. The summed E-state index contributed by atoms with van der Waals surface area (Å²) < 4.78 is 7.68. The van der Waals surface area contributed by atoms with Crippen LogP contribution in [0.4, 0.5) is 0 Å². The van der Waals surface area contributed by atoms with E-state index in [1.807, 2.05) is 10.7 Å². The van der Waals surface area contributed by atoms with Crippen LogP contribution in [0.2, 0.25) is 0 Å². The average Bonchev–Trinajstić information content (AvgIpc) is 3.06. The monoisotopic (exact) mass is 275 g/mol. The summed E-state index contributed by atoms with van der Waals surface area (Å²) in [7, 11) is 0. The first-order valence-electron chi connectivity index (χ1n) is 7.47. The van der Waals surface area contributed by atoms with Gasteiger partial charge in [-0.3, -0.25) is 4.68 Å². The maximum atomic E-state index is 5.63. The standard InChI is InChI=1S/C16H25N3O/c1-5-13(4)19-9-7-14(18-19)11-15(17-6-2)16-12(3)8-10-20-16/h7-10,13,15,17H,5-6,11H2,1-4H3. The number of nitrogens with one attached hydrogen (secondary N) is 1. The number of nitrogens with zero attached hydrogens (tertiary/aromatic N) is 2. The van der Waals surface area contributed by atoms with E-state index in [1.165, 1.54) is 5.56 Å². The molecule has 0 saturated heterocycles. The highest BCUT2D eigenvalue weighted by Gasteiger charge is 2.18. The molecule has 0 aliphatic heterocycles. The van der Waals surface area contributed by atoms with Crippen molar-refractivity contribution in [1.82, 2.24) is 15.1 Å². The lowest BCUT2D eigenvalue weighted by Gasteiger charge is -2.15. The predicted octanol–water partition coefficient (Wildman–Crippen LogP) is 3.65. The summed E-state index contributed by atoms with van der Waals surface area (Å²) in [5, 5.41) is 8.16. The minimum Gasteiger partial charge on any atom is -0.467 e. The molecular weight excluding hydrogens is 250 g/mol. The zero-order valence-electron chi connectivity index (χ0n) is 12.9. The van der Waals surface area contributed by atoms with Crippen molar-refractivity contribution in [3.05, 3.63) is 41.6 Å². The lowest BCUT2D eigenvalue weighted by molar-refractivity contribution is 0.407. The van der Waals surface area contributed by atoms with Crippen LogP contribution >= 0.6 is 0 Å². The first kappa shape index (κ1) is 14.9. The molecule has 0 fully saturated rings. The van der Waals surface area contributed by atoms with Gasteiger partial charge >= 0.3 is 0 Å². The molecule has 0 saturated carbocycles. The molecule has 2 heterocycles. The molecule has 2 unspecified atom stereocenters. The smallest absolute Gasteiger partial charge is 0.123 e. The van der Waals surface area contributed by atoms with Gasteiger partial charge in [0.15, 0.2) is 0 Å². The normalized spacial score (nSPS) is 14.4. The van der Waals surface area contributed by atoms with Gasteiger partial charge in [0.2, 0.25) is 0 Å². The van der Waals surface area contributed by atoms with Crippen LogP contribution in [0.5, 0.6) is 0 Å². The summed E-state index contributed by atoms with van der Waals surface area (Å²) in [4.78, 5) is 0. The maximum absolute atomic E-state index is 5.63. The second kappa shape index (κ2) is 6.75. The summed E-state index contributed by atoms with van der Waals surface area (Å²) in [6.07, 6.45) is 5.77. The Morgan fingerprint density at radius 3 is 2.75 bits per heavy atom. The largest absolute Gasteiger partial charge is 0.467 e. The van der Waals surface area contributed by atoms with E-state index in [0.717, 1.165) is 30.8 Å². The summed E-state index contributed by atoms with van der Waals surface area (Å²) in [5.41, 5.74) is 2.30. The van der Waals surface area contributed by atoms with Gasteiger partial charge < -0.3 is 9.73 Å². The van der Waals surface area contributed by atoms with Gasteiger partial charge in [-0.2, -0.15) is 5.10 Å². The Balaban J connectivity index is 2.12. The van der Waals surface area contributed by atoms with Gasteiger partial charge in [0.1, 0.15) is 5.76 Å². The number of likely N-dealkylation sites (N-methyl/N-ethyl adjacent to an activating group) is 1. The van der Waals surface area contributed by atoms with Crippen LogP contribution < -0.4 is 5.32 Å². The Labute approximate surface area is 121 Å². The highest BCUT2D eigenvalue weighted by atomic mass is 16.3. The Morgan fingerprint density at radius 2 is 2.15 bits per heavy atom. The third kappa shape index (κ3) is 3.31. The van der Waals surface area contributed by atoms with Crippen LogP contribution in [0.25, 0.3) is 0 Å². The fraction of sp³-hybridized carbons (Fsp3) is 0.562. The molecule has 20 heavy (non-hydrogen) atoms. The molecule has 0 aromatic carbocycles. The van der Waals surface area contributed by atoms with Crippen LogP contribution in [0.1, 0.15) is 56.3 Å². The molecule has 0 bridgehead atoms. The van der Waals surface area contributed by atoms with Gasteiger partial charge in [-0.25, -0.2) is 0 Å². The quantitative estimate of drug-likeness (QED) is 0.838. The van der Waals surface area contributed by atoms with Crippen molar-refractivity contribution in [1.29, 1.82) is 0 Å². The van der Waals surface area contributed by atoms with E-state index in [1.54, 1.807) is 6.26 Å². The van der Waals surface area contributed by atoms with Crippen molar-refractivity contribution in [3.63, 3.8) is 0 Å². The Kier molecular flexibility index (Phi) is 5.01. The van der Waals surface area contributed by atoms with E-state index in [-0.39, 0.29) is 6.04 Å². The first-order valence-corrected chi connectivity index (χ1v) is 7.47. The number of hydrogen-bond donors (Lipinski definition) is 1. The van der Waals surface area contributed by atoms with Crippen molar-refractivity contribution in [2.45, 2.75) is 52.6 Å². The fourth-order valence-corrected chi connectivity index (χ4v) is 2.37. The molecule has 4 heteroatoms. The Bertz CT molecular complexity index is 529. The summed E-state index contributed by atoms with van der Waals surface area (Å²) in [6.45, 7) is 9.48. The van der Waals surface area contributed by atoms with Crippen LogP contribution in [0.15, 0.2) is 29.0 Å². The Morgan fingerprint density at radius 1 is 1.35 bits per heavy atom. The van der Waals surface area contributed by atoms with E-state index in [2.05, 4.69) is 50.4 Å². The second-order valence-electron chi connectivity index (χ2n) is 5.33. The lowest BCUT2D eigenvalue weighted by atomic mass is 10.1. The lowest BCUT2D eigenvalue weighted by Crippen LogP contribution is -2.23. The van der Waals surface area contributed by atoms with Gasteiger partial charge in [0.05, 0.1) is 18.0 Å². The van der Waals surface area contributed by atoms with Crippen molar-refractivity contribution in [2.75, 3.05) is 6.54 Å². The maximum Gasteiger partial charge on any atom is 0.123 e. The molecule has 0 aliphatic rings. The molecule has 2 atom stereocenters. The molecule has 1 N–H and O–H groups in total. The molecular formula is C16H25N3O. The van der Waals surface area contributed by atoms with Gasteiger partial charge in [-0.15, -0.1) is 0 Å². The predicted molar refractivity (Wildman–Crippen MR) is 80.8 cm³/mol. The molecule has 2 rings (SSSR count). The van der Waals surface area contributed by atoms with Gasteiger partial charge in [-0.1, -0.05) is 13.8 Å². The summed E-state index contributed by atoms with van der Waals surface area (Å²) >= 11 is 0. The number of furan rings is 1. The minimum absolute atomic E-state index is 0.190. The van der Waals surface area contributed by atoms with Gasteiger partial charge in [0.25, 0.3) is 0 Å². The highest BCUT2D eigenvalue weighted by molar-refractivity contribution is 5.20. The van der Waals surface area contributed by atoms with Crippen LogP contribution in [-0.4, -0.2) is 16.3 Å². The molecule has 2 aromatic rings. The van der Waals surface area contributed by atoms with Crippen molar-refractivity contribution >= 4 is 0 Å². The molecule has 0 aliphatic carbocycles. The van der Waals surface area contributed by atoms with Crippen LogP contribution in [0.3, 0.4) is 0 Å². The van der Waals surface area contributed by atoms with Crippen molar-refractivity contribution < 1.29 is 4.42 Å². The molecule has 0 amide bonds. The molecule has 110 valence electrons. The van der Waals surface area contributed by atoms with E-state index in [0.29, 0.717) is 6.04 Å². The van der Waals surface area contributed by atoms with E-state index >= 15 is 0 Å². The summed E-state index contributed by atoms with van der Waals surface area (Å²) in [6, 6.07) is 4.76. The highest BCUT2D eigenvalue weighted by Crippen LogP contribution is 2.22.